The second-order valence-electron chi connectivity index (χ2n) is 4.54. The first kappa shape index (κ1) is 13.1. The van der Waals surface area contributed by atoms with Crippen LogP contribution in [0.4, 0.5) is 4.39 Å². The van der Waals surface area contributed by atoms with E-state index in [1.54, 1.807) is 25.1 Å². The van der Waals surface area contributed by atoms with E-state index in [1.165, 1.54) is 12.1 Å². The molecule has 0 heterocycles. The van der Waals surface area contributed by atoms with Crippen LogP contribution in [0.25, 0.3) is 0 Å². The minimum Gasteiger partial charge on any atom is -0.381 e. The van der Waals surface area contributed by atoms with E-state index < -0.39 is 5.60 Å². The molecule has 1 nitrogen and oxygen atoms in total. The van der Waals surface area contributed by atoms with Crippen LogP contribution in [-0.4, -0.2) is 5.11 Å². The van der Waals surface area contributed by atoms with Crippen molar-refractivity contribution in [3.05, 3.63) is 70.0 Å². The van der Waals surface area contributed by atoms with Crippen LogP contribution in [0.2, 0.25) is 5.02 Å². The summed E-state index contributed by atoms with van der Waals surface area (Å²) in [5.74, 6) is -0.323. The van der Waals surface area contributed by atoms with Gasteiger partial charge < -0.3 is 5.11 Å². The van der Waals surface area contributed by atoms with Crippen molar-refractivity contribution < 1.29 is 9.50 Å². The maximum absolute atomic E-state index is 12.9. The third kappa shape index (κ3) is 2.40. The fraction of sp³-hybridized carbons (Fsp3) is 0.200. The Morgan fingerprint density at radius 2 is 1.61 bits per heavy atom. The van der Waals surface area contributed by atoms with Gasteiger partial charge in [0.15, 0.2) is 0 Å². The molecule has 3 heteroatoms. The number of aryl methyl sites for hydroxylation is 1. The van der Waals surface area contributed by atoms with E-state index >= 15 is 0 Å². The molecule has 0 aromatic heterocycles. The highest BCUT2D eigenvalue weighted by molar-refractivity contribution is 6.31. The van der Waals surface area contributed by atoms with Gasteiger partial charge in [0.25, 0.3) is 0 Å². The number of hydrogen-bond donors (Lipinski definition) is 1. The highest BCUT2D eigenvalue weighted by Crippen LogP contribution is 2.31. The maximum Gasteiger partial charge on any atom is 0.123 e. The molecule has 0 amide bonds. The monoisotopic (exact) mass is 264 g/mol. The molecule has 0 saturated heterocycles. The van der Waals surface area contributed by atoms with Crippen LogP contribution in [0.1, 0.15) is 23.6 Å². The van der Waals surface area contributed by atoms with Gasteiger partial charge in [-0.3, -0.25) is 0 Å². The summed E-state index contributed by atoms with van der Waals surface area (Å²) in [6.07, 6.45) is 0. The summed E-state index contributed by atoms with van der Waals surface area (Å²) < 4.78 is 12.9. The predicted octanol–water partition coefficient (Wildman–Crippen LogP) is 4.04. The smallest absolute Gasteiger partial charge is 0.123 e. The number of halogens is 2. The lowest BCUT2D eigenvalue weighted by molar-refractivity contribution is 0.102. The molecule has 18 heavy (non-hydrogen) atoms. The molecule has 0 bridgehead atoms. The van der Waals surface area contributed by atoms with Gasteiger partial charge in [-0.05, 0) is 48.7 Å². The minimum atomic E-state index is -1.19. The molecule has 0 aliphatic heterocycles. The van der Waals surface area contributed by atoms with E-state index in [4.69, 9.17) is 11.6 Å². The SMILES string of the molecule is Cc1ccc(C(C)(O)c2ccc(F)cc2)cc1Cl. The highest BCUT2D eigenvalue weighted by atomic mass is 35.5. The van der Waals surface area contributed by atoms with Crippen molar-refractivity contribution in [3.8, 4) is 0 Å². The molecular formula is C15H14ClFO. The first-order valence-corrected chi connectivity index (χ1v) is 6.04. The molecule has 2 aromatic carbocycles. The topological polar surface area (TPSA) is 20.2 Å². The Morgan fingerprint density at radius 1 is 1.06 bits per heavy atom. The molecule has 2 rings (SSSR count). The number of aliphatic hydroxyl groups is 1. The number of hydrogen-bond acceptors (Lipinski definition) is 1. The minimum absolute atomic E-state index is 0.323. The summed E-state index contributed by atoms with van der Waals surface area (Å²) in [4.78, 5) is 0. The third-order valence-electron chi connectivity index (χ3n) is 3.14. The van der Waals surface area contributed by atoms with Crippen molar-refractivity contribution in [2.75, 3.05) is 0 Å². The van der Waals surface area contributed by atoms with Crippen molar-refractivity contribution in [2.45, 2.75) is 19.4 Å². The molecule has 0 aliphatic rings. The second kappa shape index (κ2) is 4.71. The van der Waals surface area contributed by atoms with Crippen molar-refractivity contribution in [1.29, 1.82) is 0 Å². The Hall–Kier alpha value is -1.38. The van der Waals surface area contributed by atoms with E-state index in [0.29, 0.717) is 16.1 Å². The number of benzene rings is 2. The molecule has 0 radical (unpaired) electrons. The fourth-order valence-corrected chi connectivity index (χ4v) is 2.02. The summed E-state index contributed by atoms with van der Waals surface area (Å²) in [6.45, 7) is 3.57. The van der Waals surface area contributed by atoms with Gasteiger partial charge in [-0.1, -0.05) is 35.9 Å². The van der Waals surface area contributed by atoms with Crippen LogP contribution in [0.15, 0.2) is 42.5 Å². The zero-order valence-corrected chi connectivity index (χ0v) is 11.0. The largest absolute Gasteiger partial charge is 0.381 e. The Bertz CT molecular complexity index is 561. The average molecular weight is 265 g/mol. The van der Waals surface area contributed by atoms with Crippen LogP contribution in [0.5, 0.6) is 0 Å². The summed E-state index contributed by atoms with van der Waals surface area (Å²) in [6, 6.07) is 11.2. The van der Waals surface area contributed by atoms with Gasteiger partial charge in [0.05, 0.1) is 0 Å². The quantitative estimate of drug-likeness (QED) is 0.868. The van der Waals surface area contributed by atoms with E-state index in [9.17, 15) is 9.50 Å². The molecular weight excluding hydrogens is 251 g/mol. The summed E-state index contributed by atoms with van der Waals surface area (Å²) >= 11 is 6.06. The Labute approximate surface area is 111 Å². The van der Waals surface area contributed by atoms with Gasteiger partial charge in [-0.2, -0.15) is 0 Å². The highest BCUT2D eigenvalue weighted by Gasteiger charge is 2.25. The van der Waals surface area contributed by atoms with E-state index in [0.717, 1.165) is 5.56 Å². The van der Waals surface area contributed by atoms with Gasteiger partial charge in [0.1, 0.15) is 11.4 Å². The van der Waals surface area contributed by atoms with Crippen LogP contribution in [0, 0.1) is 12.7 Å². The Kier molecular flexibility index (Phi) is 3.42. The van der Waals surface area contributed by atoms with Gasteiger partial charge in [0.2, 0.25) is 0 Å². The standard InChI is InChI=1S/C15H14ClFO/c1-10-3-4-12(9-14(10)16)15(2,18)11-5-7-13(17)8-6-11/h3-9,18H,1-2H3. The van der Waals surface area contributed by atoms with Crippen molar-refractivity contribution in [1.82, 2.24) is 0 Å². The molecule has 2 aromatic rings. The van der Waals surface area contributed by atoms with Crippen molar-refractivity contribution >= 4 is 11.6 Å². The van der Waals surface area contributed by atoms with E-state index in [1.807, 2.05) is 19.1 Å². The summed E-state index contributed by atoms with van der Waals surface area (Å²) in [5.41, 5.74) is 1.08. The lowest BCUT2D eigenvalue weighted by atomic mass is 9.88. The molecule has 0 fully saturated rings. The Balaban J connectivity index is 2.46. The second-order valence-corrected chi connectivity index (χ2v) is 4.95. The molecule has 94 valence electrons. The molecule has 0 saturated carbocycles. The molecule has 1 atom stereocenters. The van der Waals surface area contributed by atoms with Crippen molar-refractivity contribution in [2.24, 2.45) is 0 Å². The first-order chi connectivity index (χ1) is 8.41. The summed E-state index contributed by atoms with van der Waals surface area (Å²) in [5, 5.41) is 11.2. The lowest BCUT2D eigenvalue weighted by Crippen LogP contribution is -2.22. The van der Waals surface area contributed by atoms with E-state index in [-0.39, 0.29) is 5.82 Å². The van der Waals surface area contributed by atoms with Crippen LogP contribution < -0.4 is 0 Å². The predicted molar refractivity (Wildman–Crippen MR) is 71.3 cm³/mol. The molecule has 1 unspecified atom stereocenters. The van der Waals surface area contributed by atoms with Crippen LogP contribution in [-0.2, 0) is 5.60 Å². The van der Waals surface area contributed by atoms with Crippen LogP contribution in [0.3, 0.4) is 0 Å². The summed E-state index contributed by atoms with van der Waals surface area (Å²) in [7, 11) is 0. The zero-order chi connectivity index (χ0) is 13.3. The normalized spacial score (nSPS) is 14.3. The first-order valence-electron chi connectivity index (χ1n) is 5.66. The molecule has 1 N–H and O–H groups in total. The molecule has 0 aliphatic carbocycles. The van der Waals surface area contributed by atoms with Crippen LogP contribution >= 0.6 is 11.6 Å². The average Bonchev–Trinajstić information content (AvgIpc) is 2.33. The fourth-order valence-electron chi connectivity index (χ4n) is 1.84. The van der Waals surface area contributed by atoms with Gasteiger partial charge >= 0.3 is 0 Å². The number of rotatable bonds is 2. The lowest BCUT2D eigenvalue weighted by Gasteiger charge is -2.25. The third-order valence-corrected chi connectivity index (χ3v) is 3.55. The molecule has 0 spiro atoms. The van der Waals surface area contributed by atoms with Gasteiger partial charge in [-0.15, -0.1) is 0 Å². The zero-order valence-electron chi connectivity index (χ0n) is 10.2. The Morgan fingerprint density at radius 3 is 2.17 bits per heavy atom. The maximum atomic E-state index is 12.9. The van der Waals surface area contributed by atoms with Gasteiger partial charge in [0, 0.05) is 5.02 Å². The van der Waals surface area contributed by atoms with Gasteiger partial charge in [-0.25, -0.2) is 4.39 Å². The van der Waals surface area contributed by atoms with Crippen molar-refractivity contribution in [3.63, 3.8) is 0 Å². The van der Waals surface area contributed by atoms with E-state index in [2.05, 4.69) is 0 Å².